The van der Waals surface area contributed by atoms with E-state index < -0.39 is 29.7 Å². The molecule has 2 amide bonds. The fourth-order valence-corrected chi connectivity index (χ4v) is 3.86. The summed E-state index contributed by atoms with van der Waals surface area (Å²) in [4.78, 5) is 25.7. The minimum Gasteiger partial charge on any atom is -0.548 e. The Hall–Kier alpha value is -1.72. The standard InChI is InChI=1S/C21H21F2N3O4.K/c22-14-2-3-17(16(23)10-14)26-7-5-15(11-26)24-21(29)25-19(20(27)28)13-1-4-18-12(9-13)6-8-30-18;/h1-4,9-10,15,19H,5-8,11H2,(H,27,28)(H2,24,25,29);/q;+1/p-1. The van der Waals surface area contributed by atoms with Gasteiger partial charge in [0, 0.05) is 31.6 Å². The summed E-state index contributed by atoms with van der Waals surface area (Å²) in [6.07, 6.45) is 1.21. The van der Waals surface area contributed by atoms with Crippen molar-refractivity contribution in [3.05, 3.63) is 59.2 Å². The monoisotopic (exact) mass is 455 g/mol. The number of hydrogen-bond acceptors (Lipinski definition) is 5. The Morgan fingerprint density at radius 3 is 2.74 bits per heavy atom. The third-order valence-corrected chi connectivity index (χ3v) is 5.33. The first-order valence-corrected chi connectivity index (χ1v) is 9.64. The number of fused-ring (bicyclic) bond motifs is 1. The molecule has 0 aromatic heterocycles. The van der Waals surface area contributed by atoms with Crippen LogP contribution >= 0.6 is 0 Å². The molecule has 2 heterocycles. The van der Waals surface area contributed by atoms with E-state index in [4.69, 9.17) is 4.74 Å². The van der Waals surface area contributed by atoms with Crippen LogP contribution in [0.1, 0.15) is 23.6 Å². The Labute approximate surface area is 220 Å². The van der Waals surface area contributed by atoms with Gasteiger partial charge in [0.15, 0.2) is 0 Å². The van der Waals surface area contributed by atoms with Crippen molar-refractivity contribution in [2.45, 2.75) is 24.9 Å². The molecule has 158 valence electrons. The maximum atomic E-state index is 14.0. The van der Waals surface area contributed by atoms with Gasteiger partial charge in [-0.1, -0.05) is 6.07 Å². The molecule has 1 fully saturated rings. The zero-order chi connectivity index (χ0) is 21.3. The second kappa shape index (κ2) is 10.3. The van der Waals surface area contributed by atoms with Gasteiger partial charge in [0.05, 0.1) is 24.3 Å². The largest absolute Gasteiger partial charge is 1.00 e. The molecule has 0 radical (unpaired) electrons. The number of urea groups is 1. The fourth-order valence-electron chi connectivity index (χ4n) is 3.86. The second-order valence-electron chi connectivity index (χ2n) is 7.36. The molecule has 2 aromatic rings. The van der Waals surface area contributed by atoms with E-state index in [1.807, 2.05) is 0 Å². The normalized spacial score (nSPS) is 17.9. The van der Waals surface area contributed by atoms with Gasteiger partial charge in [-0.15, -0.1) is 0 Å². The number of ether oxygens (including phenoxy) is 1. The number of rotatable bonds is 5. The molecule has 2 aliphatic rings. The maximum absolute atomic E-state index is 14.0. The van der Waals surface area contributed by atoms with Crippen molar-refractivity contribution in [2.24, 2.45) is 0 Å². The second-order valence-corrected chi connectivity index (χ2v) is 7.36. The van der Waals surface area contributed by atoms with Crippen LogP contribution in [0.3, 0.4) is 0 Å². The molecule has 10 heteroatoms. The SMILES string of the molecule is O=C(NC1CCN(c2ccc(F)cc2F)C1)NC(C(=O)[O-])c1ccc2c(c1)CCO2.[K+]. The van der Waals surface area contributed by atoms with Crippen LogP contribution in [0.5, 0.6) is 5.75 Å². The molecule has 2 atom stereocenters. The smallest absolute Gasteiger partial charge is 0.548 e. The number of carbonyl (C=O) groups is 2. The van der Waals surface area contributed by atoms with E-state index in [9.17, 15) is 23.5 Å². The number of aliphatic carboxylic acids is 1. The van der Waals surface area contributed by atoms with Gasteiger partial charge in [-0.3, -0.25) is 0 Å². The van der Waals surface area contributed by atoms with Crippen LogP contribution in [-0.4, -0.2) is 37.7 Å². The van der Waals surface area contributed by atoms with E-state index in [1.54, 1.807) is 23.1 Å². The Balaban J connectivity index is 0.00000272. The van der Waals surface area contributed by atoms with Crippen molar-refractivity contribution in [3.8, 4) is 5.75 Å². The van der Waals surface area contributed by atoms with Crippen LogP contribution < -0.4 is 76.8 Å². The number of anilines is 1. The summed E-state index contributed by atoms with van der Waals surface area (Å²) in [5.41, 5.74) is 1.54. The van der Waals surface area contributed by atoms with Crippen molar-refractivity contribution < 1.29 is 79.6 Å². The van der Waals surface area contributed by atoms with E-state index in [2.05, 4.69) is 10.6 Å². The number of hydrogen-bond donors (Lipinski definition) is 2. The minimum atomic E-state index is -1.43. The summed E-state index contributed by atoms with van der Waals surface area (Å²) in [5, 5.41) is 16.8. The number of carbonyl (C=O) groups excluding carboxylic acids is 2. The predicted molar refractivity (Wildman–Crippen MR) is 102 cm³/mol. The van der Waals surface area contributed by atoms with Crippen LogP contribution in [0.25, 0.3) is 0 Å². The van der Waals surface area contributed by atoms with Crippen LogP contribution in [0.4, 0.5) is 19.3 Å². The number of nitrogens with zero attached hydrogens (tertiary/aromatic N) is 1. The summed E-state index contributed by atoms with van der Waals surface area (Å²) in [5.74, 6) is -2.04. The molecule has 31 heavy (non-hydrogen) atoms. The van der Waals surface area contributed by atoms with Crippen LogP contribution in [0.15, 0.2) is 36.4 Å². The Morgan fingerprint density at radius 1 is 1.19 bits per heavy atom. The molecule has 0 bridgehead atoms. The molecule has 1 saturated heterocycles. The summed E-state index contributed by atoms with van der Waals surface area (Å²) in [7, 11) is 0. The van der Waals surface area contributed by atoms with E-state index in [0.717, 1.165) is 11.6 Å². The molecule has 0 aliphatic carbocycles. The van der Waals surface area contributed by atoms with E-state index in [0.29, 0.717) is 43.9 Å². The van der Waals surface area contributed by atoms with Crippen molar-refractivity contribution in [1.29, 1.82) is 0 Å². The average molecular weight is 456 g/mol. The van der Waals surface area contributed by atoms with E-state index in [-0.39, 0.29) is 63.1 Å². The third-order valence-electron chi connectivity index (χ3n) is 5.33. The van der Waals surface area contributed by atoms with Crippen molar-refractivity contribution in [1.82, 2.24) is 10.6 Å². The van der Waals surface area contributed by atoms with Gasteiger partial charge in [0.2, 0.25) is 0 Å². The molecule has 0 spiro atoms. The number of nitrogens with one attached hydrogen (secondary N) is 2. The molecule has 4 rings (SSSR count). The van der Waals surface area contributed by atoms with Crippen LogP contribution in [0.2, 0.25) is 0 Å². The third kappa shape index (κ3) is 5.56. The first-order valence-electron chi connectivity index (χ1n) is 9.64. The molecular weight excluding hydrogens is 435 g/mol. The summed E-state index contributed by atoms with van der Waals surface area (Å²) in [6, 6.07) is 6.01. The summed E-state index contributed by atoms with van der Waals surface area (Å²) in [6.45, 7) is 1.33. The quantitative estimate of drug-likeness (QED) is 0.523. The first-order chi connectivity index (χ1) is 14.4. The van der Waals surface area contributed by atoms with Crippen molar-refractivity contribution in [2.75, 3.05) is 24.6 Å². The minimum absolute atomic E-state index is 0. The summed E-state index contributed by atoms with van der Waals surface area (Å²) < 4.78 is 32.5. The molecular formula is C21H20F2KN3O4. The van der Waals surface area contributed by atoms with Gasteiger partial charge in [-0.05, 0) is 41.8 Å². The number of carboxylic acid groups (broad SMARTS) is 1. The van der Waals surface area contributed by atoms with Crippen molar-refractivity contribution >= 4 is 17.7 Å². The average Bonchev–Trinajstić information content (AvgIpc) is 3.34. The van der Waals surface area contributed by atoms with Gasteiger partial charge in [0.25, 0.3) is 0 Å². The number of benzene rings is 2. The molecule has 7 nitrogen and oxygen atoms in total. The van der Waals surface area contributed by atoms with Crippen molar-refractivity contribution in [3.63, 3.8) is 0 Å². The first kappa shape index (κ1) is 23.9. The molecule has 2 N–H and O–H groups in total. The van der Waals surface area contributed by atoms with Crippen LogP contribution in [0, 0.1) is 11.6 Å². The van der Waals surface area contributed by atoms with Gasteiger partial charge >= 0.3 is 57.4 Å². The topological polar surface area (TPSA) is 93.7 Å². The van der Waals surface area contributed by atoms with Gasteiger partial charge in [0.1, 0.15) is 17.4 Å². The Morgan fingerprint density at radius 2 is 2.00 bits per heavy atom. The molecule has 0 saturated carbocycles. The number of halogens is 2. The molecule has 2 aliphatic heterocycles. The molecule has 2 unspecified atom stereocenters. The van der Waals surface area contributed by atoms with Gasteiger partial charge in [-0.25, -0.2) is 13.6 Å². The van der Waals surface area contributed by atoms with Gasteiger partial charge < -0.3 is 30.2 Å². The zero-order valence-corrected chi connectivity index (χ0v) is 20.1. The fraction of sp³-hybridized carbons (Fsp3) is 0.333. The number of carboxylic acids is 1. The zero-order valence-electron chi connectivity index (χ0n) is 17.0. The summed E-state index contributed by atoms with van der Waals surface area (Å²) >= 11 is 0. The Kier molecular flexibility index (Phi) is 7.92. The molecule has 2 aromatic carbocycles. The maximum Gasteiger partial charge on any atom is 1.00 e. The Bertz CT molecular complexity index is 991. The predicted octanol–water partition coefficient (Wildman–Crippen LogP) is -1.73. The van der Waals surface area contributed by atoms with Gasteiger partial charge in [-0.2, -0.15) is 0 Å². The van der Waals surface area contributed by atoms with E-state index >= 15 is 0 Å². The van der Waals surface area contributed by atoms with Crippen LogP contribution in [-0.2, 0) is 11.2 Å². The van der Waals surface area contributed by atoms with E-state index in [1.165, 1.54) is 12.1 Å². The number of amides is 2.